The Morgan fingerprint density at radius 1 is 1.21 bits per heavy atom. The molecule has 0 bridgehead atoms. The third-order valence-electron chi connectivity index (χ3n) is 7.88. The summed E-state index contributed by atoms with van der Waals surface area (Å²) in [6, 6.07) is 15.5. The molecule has 43 heavy (non-hydrogen) atoms. The van der Waals surface area contributed by atoms with Crippen LogP contribution in [-0.4, -0.2) is 78.0 Å². The summed E-state index contributed by atoms with van der Waals surface area (Å²) in [4.78, 5) is 28.4. The van der Waals surface area contributed by atoms with Crippen molar-refractivity contribution in [3.8, 4) is 5.75 Å². The molecule has 1 aliphatic rings. The lowest BCUT2D eigenvalue weighted by Crippen LogP contribution is -2.50. The van der Waals surface area contributed by atoms with Crippen LogP contribution in [0.25, 0.3) is 10.9 Å². The first kappa shape index (κ1) is 30.7. The summed E-state index contributed by atoms with van der Waals surface area (Å²) >= 11 is 1.15. The molecule has 0 unspecified atom stereocenters. The number of nitrogens with zero attached hydrogens (tertiary/aromatic N) is 3. The van der Waals surface area contributed by atoms with Crippen molar-refractivity contribution in [3.05, 3.63) is 77.3 Å². The Hall–Kier alpha value is -3.71. The number of aliphatic hydroxyl groups is 1. The molecule has 0 saturated heterocycles. The number of aromatic nitrogens is 1. The standard InChI is InChI=1S/C31H36N4O6S2/c1-20-16-35(21(2)19-36)31(38)25-15-23(32-29(37)14-22-17-33(3)26-9-6-5-8-24(22)26)11-12-27(25)41-28(20)18-34(4)43(39,40)30-10-7-13-42-30/h5-13,15,17,20-21,28,36H,14,16,18-19H2,1-4H3,(H,32,37)/t20-,21+,28+/m0/s1. The van der Waals surface area contributed by atoms with E-state index < -0.39 is 22.2 Å². The molecule has 5 rings (SSSR count). The minimum atomic E-state index is -3.72. The van der Waals surface area contributed by atoms with Gasteiger partial charge in [0.2, 0.25) is 5.91 Å². The number of hydrogen-bond acceptors (Lipinski definition) is 7. The number of aliphatic hydroxyl groups excluding tert-OH is 1. The quantitative estimate of drug-likeness (QED) is 0.291. The van der Waals surface area contributed by atoms with Crippen LogP contribution in [0.1, 0.15) is 29.8 Å². The van der Waals surface area contributed by atoms with Crippen molar-refractivity contribution in [2.75, 3.05) is 32.1 Å². The van der Waals surface area contributed by atoms with Crippen molar-refractivity contribution in [2.45, 2.75) is 36.6 Å². The monoisotopic (exact) mass is 624 g/mol. The molecule has 3 atom stereocenters. The number of amides is 2. The molecule has 0 saturated carbocycles. The molecule has 12 heteroatoms. The predicted molar refractivity (Wildman–Crippen MR) is 167 cm³/mol. The second-order valence-corrected chi connectivity index (χ2v) is 14.3. The molecular formula is C31H36N4O6S2. The van der Waals surface area contributed by atoms with Crippen molar-refractivity contribution >= 4 is 49.8 Å². The van der Waals surface area contributed by atoms with Gasteiger partial charge in [-0.3, -0.25) is 9.59 Å². The summed E-state index contributed by atoms with van der Waals surface area (Å²) in [5, 5.41) is 15.6. The van der Waals surface area contributed by atoms with E-state index in [9.17, 15) is 23.1 Å². The molecule has 4 aromatic rings. The van der Waals surface area contributed by atoms with Crippen molar-refractivity contribution in [2.24, 2.45) is 13.0 Å². The molecule has 0 fully saturated rings. The summed E-state index contributed by atoms with van der Waals surface area (Å²) < 4.78 is 36.1. The highest BCUT2D eigenvalue weighted by Gasteiger charge is 2.35. The minimum absolute atomic E-state index is 0.0555. The van der Waals surface area contributed by atoms with Gasteiger partial charge in [-0.15, -0.1) is 11.3 Å². The molecule has 3 heterocycles. The molecule has 2 N–H and O–H groups in total. The fraction of sp³-hybridized carbons (Fsp3) is 0.355. The number of thiophene rings is 1. The second kappa shape index (κ2) is 12.5. The zero-order chi connectivity index (χ0) is 30.9. The maximum absolute atomic E-state index is 13.8. The summed E-state index contributed by atoms with van der Waals surface area (Å²) in [5.41, 5.74) is 2.58. The van der Waals surface area contributed by atoms with Gasteiger partial charge in [0.1, 0.15) is 16.1 Å². The van der Waals surface area contributed by atoms with Crippen LogP contribution in [0.2, 0.25) is 0 Å². The Morgan fingerprint density at radius 3 is 2.70 bits per heavy atom. The van der Waals surface area contributed by atoms with Crippen molar-refractivity contribution < 1.29 is 27.9 Å². The average Bonchev–Trinajstić information content (AvgIpc) is 3.64. The molecule has 2 amide bonds. The van der Waals surface area contributed by atoms with E-state index in [-0.39, 0.29) is 59.4 Å². The number of ether oxygens (including phenoxy) is 1. The molecule has 0 radical (unpaired) electrons. The van der Waals surface area contributed by atoms with Gasteiger partial charge in [-0.25, -0.2) is 8.42 Å². The van der Waals surface area contributed by atoms with Crippen LogP contribution in [0.5, 0.6) is 5.75 Å². The first-order chi connectivity index (χ1) is 20.5. The Bertz CT molecular complexity index is 1730. The van der Waals surface area contributed by atoms with Gasteiger partial charge in [0.25, 0.3) is 15.9 Å². The van der Waals surface area contributed by atoms with Gasteiger partial charge in [-0.1, -0.05) is 31.2 Å². The normalized spacial score (nSPS) is 18.2. The van der Waals surface area contributed by atoms with E-state index in [1.165, 1.54) is 11.4 Å². The molecular weight excluding hydrogens is 588 g/mol. The van der Waals surface area contributed by atoms with Gasteiger partial charge in [0, 0.05) is 49.3 Å². The predicted octanol–water partition coefficient (Wildman–Crippen LogP) is 3.96. The van der Waals surface area contributed by atoms with E-state index in [1.54, 1.807) is 47.5 Å². The van der Waals surface area contributed by atoms with E-state index in [4.69, 9.17) is 4.74 Å². The lowest BCUT2D eigenvalue weighted by molar-refractivity contribution is -0.115. The van der Waals surface area contributed by atoms with Crippen LogP contribution < -0.4 is 10.1 Å². The van der Waals surface area contributed by atoms with E-state index >= 15 is 0 Å². The SMILES string of the molecule is C[C@H](CO)N1C[C@H](C)[C@@H](CN(C)S(=O)(=O)c2cccs2)Oc2ccc(NC(=O)Cc3cn(C)c4ccccc34)cc2C1=O. The zero-order valence-corrected chi connectivity index (χ0v) is 26.2. The number of hydrogen-bond donors (Lipinski definition) is 2. The summed E-state index contributed by atoms with van der Waals surface area (Å²) in [7, 11) is -0.268. The zero-order valence-electron chi connectivity index (χ0n) is 24.6. The highest BCUT2D eigenvalue weighted by Crippen LogP contribution is 2.32. The van der Waals surface area contributed by atoms with Crippen LogP contribution in [0.4, 0.5) is 5.69 Å². The topological polar surface area (TPSA) is 121 Å². The van der Waals surface area contributed by atoms with Gasteiger partial charge in [0.05, 0.1) is 31.2 Å². The van der Waals surface area contributed by atoms with E-state index in [1.807, 2.05) is 49.0 Å². The summed E-state index contributed by atoms with van der Waals surface area (Å²) in [6.45, 7) is 3.71. The summed E-state index contributed by atoms with van der Waals surface area (Å²) in [5.74, 6) is -0.549. The minimum Gasteiger partial charge on any atom is -0.488 e. The lowest BCUT2D eigenvalue weighted by Gasteiger charge is -2.38. The first-order valence-corrected chi connectivity index (χ1v) is 16.4. The smallest absolute Gasteiger partial charge is 0.258 e. The number of fused-ring (bicyclic) bond motifs is 2. The first-order valence-electron chi connectivity index (χ1n) is 14.0. The largest absolute Gasteiger partial charge is 0.488 e. The third-order valence-corrected chi connectivity index (χ3v) is 11.1. The molecule has 0 spiro atoms. The second-order valence-electron chi connectivity index (χ2n) is 11.1. The van der Waals surface area contributed by atoms with Crippen LogP contribution in [0, 0.1) is 5.92 Å². The Kier molecular flexibility index (Phi) is 8.93. The lowest BCUT2D eigenvalue weighted by atomic mass is 9.99. The Balaban J connectivity index is 1.41. The average molecular weight is 625 g/mol. The molecule has 2 aromatic heterocycles. The molecule has 228 valence electrons. The van der Waals surface area contributed by atoms with Gasteiger partial charge in [0.15, 0.2) is 0 Å². The number of likely N-dealkylation sites (N-methyl/N-ethyl adjacent to an activating group) is 1. The fourth-order valence-electron chi connectivity index (χ4n) is 5.38. The van der Waals surface area contributed by atoms with Gasteiger partial charge in [-0.2, -0.15) is 4.31 Å². The number of carbonyl (C=O) groups excluding carboxylic acids is 2. The number of nitrogens with one attached hydrogen (secondary N) is 1. The molecule has 0 aliphatic carbocycles. The fourth-order valence-corrected chi connectivity index (χ4v) is 7.76. The van der Waals surface area contributed by atoms with Crippen LogP contribution in [-0.2, 0) is 28.3 Å². The number of carbonyl (C=O) groups is 2. The number of sulfonamides is 1. The highest BCUT2D eigenvalue weighted by molar-refractivity contribution is 7.91. The Labute approximate surface area is 255 Å². The molecule has 1 aliphatic heterocycles. The van der Waals surface area contributed by atoms with Crippen LogP contribution in [0.3, 0.4) is 0 Å². The van der Waals surface area contributed by atoms with Crippen molar-refractivity contribution in [1.29, 1.82) is 0 Å². The number of para-hydroxylation sites is 1. The van der Waals surface area contributed by atoms with Crippen LogP contribution in [0.15, 0.2) is 70.4 Å². The number of benzene rings is 2. The maximum atomic E-state index is 13.8. The van der Waals surface area contributed by atoms with Gasteiger partial charge >= 0.3 is 0 Å². The maximum Gasteiger partial charge on any atom is 0.258 e. The van der Waals surface area contributed by atoms with Gasteiger partial charge in [-0.05, 0) is 48.2 Å². The third kappa shape index (κ3) is 6.32. The number of rotatable bonds is 9. The van der Waals surface area contributed by atoms with Gasteiger partial charge < -0.3 is 24.6 Å². The highest BCUT2D eigenvalue weighted by atomic mass is 32.2. The van der Waals surface area contributed by atoms with Crippen molar-refractivity contribution in [1.82, 2.24) is 13.8 Å². The Morgan fingerprint density at radius 2 is 1.98 bits per heavy atom. The van der Waals surface area contributed by atoms with E-state index in [0.29, 0.717) is 5.69 Å². The molecule has 10 nitrogen and oxygen atoms in total. The number of aryl methyl sites for hydroxylation is 1. The van der Waals surface area contributed by atoms with Crippen LogP contribution >= 0.6 is 11.3 Å². The van der Waals surface area contributed by atoms with E-state index in [2.05, 4.69) is 5.32 Å². The van der Waals surface area contributed by atoms with Crippen molar-refractivity contribution in [3.63, 3.8) is 0 Å². The molecule has 2 aromatic carbocycles. The summed E-state index contributed by atoms with van der Waals surface area (Å²) in [6.07, 6.45) is 1.50. The van der Waals surface area contributed by atoms with E-state index in [0.717, 1.165) is 27.8 Å². The number of anilines is 1.